The Labute approximate surface area is 142 Å². The van der Waals surface area contributed by atoms with Crippen LogP contribution in [-0.2, 0) is 6.42 Å². The van der Waals surface area contributed by atoms with Gasteiger partial charge in [-0.2, -0.15) is 0 Å². The number of nitrogens with two attached hydrogens (primary N) is 1. The lowest BCUT2D eigenvalue weighted by molar-refractivity contribution is 0.103. The minimum atomic E-state index is -0.504. The molecule has 4 rings (SSSR count). The monoisotopic (exact) mass is 340 g/mol. The van der Waals surface area contributed by atoms with Crippen LogP contribution in [0.25, 0.3) is 10.2 Å². The van der Waals surface area contributed by atoms with E-state index in [0.717, 1.165) is 40.7 Å². The van der Waals surface area contributed by atoms with Crippen molar-refractivity contribution in [2.75, 3.05) is 11.1 Å². The molecule has 3 aromatic rings. The van der Waals surface area contributed by atoms with Gasteiger partial charge in [0.25, 0.3) is 5.91 Å². The molecule has 0 aromatic carbocycles. The van der Waals surface area contributed by atoms with E-state index in [1.807, 2.05) is 6.07 Å². The Bertz CT molecular complexity index is 923. The molecule has 24 heavy (non-hydrogen) atoms. The number of aliphatic hydroxyl groups is 1. The number of nitrogen functional groups attached to an aromatic ring is 1. The summed E-state index contributed by atoms with van der Waals surface area (Å²) in [4.78, 5) is 22.3. The van der Waals surface area contributed by atoms with E-state index in [1.54, 1.807) is 24.4 Å². The van der Waals surface area contributed by atoms with Gasteiger partial charge in [0.15, 0.2) is 0 Å². The first-order valence-corrected chi connectivity index (χ1v) is 8.57. The lowest BCUT2D eigenvalue weighted by Crippen LogP contribution is -2.12. The van der Waals surface area contributed by atoms with Crippen molar-refractivity contribution in [3.05, 3.63) is 46.6 Å². The zero-order chi connectivity index (χ0) is 16.7. The highest BCUT2D eigenvalue weighted by molar-refractivity contribution is 7.21. The lowest BCUT2D eigenvalue weighted by atomic mass is 9.93. The van der Waals surface area contributed by atoms with E-state index >= 15 is 0 Å². The van der Waals surface area contributed by atoms with Crippen molar-refractivity contribution < 1.29 is 9.90 Å². The lowest BCUT2D eigenvalue weighted by Gasteiger charge is -2.20. The number of amides is 1. The molecular formula is C17H16N4O2S. The number of hydrogen-bond donors (Lipinski definition) is 3. The number of carbonyl (C=O) groups excluding carboxylic acids is 1. The molecule has 0 radical (unpaired) electrons. The summed E-state index contributed by atoms with van der Waals surface area (Å²) in [5, 5.41) is 13.6. The van der Waals surface area contributed by atoms with E-state index in [2.05, 4.69) is 15.3 Å². The maximum atomic E-state index is 12.5. The summed E-state index contributed by atoms with van der Waals surface area (Å²) in [6, 6.07) is 7.18. The summed E-state index contributed by atoms with van der Waals surface area (Å²) in [6.45, 7) is 0. The maximum absolute atomic E-state index is 12.5. The van der Waals surface area contributed by atoms with Crippen LogP contribution in [-0.4, -0.2) is 21.0 Å². The highest BCUT2D eigenvalue weighted by Crippen LogP contribution is 2.38. The Morgan fingerprint density at radius 2 is 2.29 bits per heavy atom. The summed E-state index contributed by atoms with van der Waals surface area (Å²) in [5.41, 5.74) is 8.31. The minimum Gasteiger partial charge on any atom is -0.397 e. The van der Waals surface area contributed by atoms with Gasteiger partial charge in [0.05, 0.1) is 11.8 Å². The Balaban J connectivity index is 1.74. The SMILES string of the molecule is Nc1c(C(=O)Nc2ccccn2)sc2nc3c(cc12)C(O)CCC3. The highest BCUT2D eigenvalue weighted by Gasteiger charge is 2.24. The van der Waals surface area contributed by atoms with Crippen molar-refractivity contribution in [2.45, 2.75) is 25.4 Å². The molecular weight excluding hydrogens is 324 g/mol. The van der Waals surface area contributed by atoms with Crippen LogP contribution in [0, 0.1) is 0 Å². The van der Waals surface area contributed by atoms with Crippen LogP contribution < -0.4 is 11.1 Å². The van der Waals surface area contributed by atoms with Gasteiger partial charge < -0.3 is 16.2 Å². The number of nitrogens with one attached hydrogen (secondary N) is 1. The van der Waals surface area contributed by atoms with Crippen molar-refractivity contribution in [1.82, 2.24) is 9.97 Å². The third-order valence-electron chi connectivity index (χ3n) is 4.20. The summed E-state index contributed by atoms with van der Waals surface area (Å²) >= 11 is 1.27. The fourth-order valence-corrected chi connectivity index (χ4v) is 3.97. The van der Waals surface area contributed by atoms with Gasteiger partial charge in [-0.25, -0.2) is 9.97 Å². The maximum Gasteiger partial charge on any atom is 0.269 e. The number of aliphatic hydroxyl groups excluding tert-OH is 1. The Morgan fingerprint density at radius 3 is 3.08 bits per heavy atom. The first-order chi connectivity index (χ1) is 11.6. The zero-order valence-electron chi connectivity index (χ0n) is 12.8. The highest BCUT2D eigenvalue weighted by atomic mass is 32.1. The molecule has 3 heterocycles. The number of fused-ring (bicyclic) bond motifs is 2. The van der Waals surface area contributed by atoms with Crippen LogP contribution in [0.15, 0.2) is 30.5 Å². The summed E-state index contributed by atoms with van der Waals surface area (Å²) in [6.07, 6.45) is 3.60. The third kappa shape index (κ3) is 2.51. The van der Waals surface area contributed by atoms with Crippen molar-refractivity contribution in [2.24, 2.45) is 0 Å². The molecule has 1 unspecified atom stereocenters. The smallest absolute Gasteiger partial charge is 0.269 e. The van der Waals surface area contributed by atoms with Gasteiger partial charge in [0.2, 0.25) is 0 Å². The molecule has 1 aliphatic carbocycles. The number of carbonyl (C=O) groups is 1. The van der Waals surface area contributed by atoms with Gasteiger partial charge in [-0.3, -0.25) is 4.79 Å². The standard InChI is InChI=1S/C17H16N4O2S/c18-14-10-8-9-11(4-3-5-12(9)22)20-17(10)24-15(14)16(23)21-13-6-1-2-7-19-13/h1-2,6-8,12,22H,3-5,18H2,(H,19,21,23). The van der Waals surface area contributed by atoms with Gasteiger partial charge in [-0.15, -0.1) is 11.3 Å². The molecule has 1 amide bonds. The molecule has 0 saturated carbocycles. The van der Waals surface area contributed by atoms with E-state index < -0.39 is 6.10 Å². The number of thiophene rings is 1. The fourth-order valence-electron chi connectivity index (χ4n) is 2.98. The number of pyridine rings is 2. The molecule has 6 nitrogen and oxygen atoms in total. The molecule has 0 aliphatic heterocycles. The summed E-state index contributed by atoms with van der Waals surface area (Å²) in [7, 11) is 0. The van der Waals surface area contributed by atoms with Gasteiger partial charge in [0.1, 0.15) is 15.5 Å². The fraction of sp³-hybridized carbons (Fsp3) is 0.235. The molecule has 1 atom stereocenters. The van der Waals surface area contributed by atoms with Crippen LogP contribution in [0.2, 0.25) is 0 Å². The summed E-state index contributed by atoms with van der Waals surface area (Å²) in [5.74, 6) is 0.176. The van der Waals surface area contributed by atoms with Crippen LogP contribution in [0.3, 0.4) is 0 Å². The second kappa shape index (κ2) is 5.85. The van der Waals surface area contributed by atoms with Crippen molar-refractivity contribution >= 4 is 39.0 Å². The predicted molar refractivity (Wildman–Crippen MR) is 94.1 cm³/mol. The van der Waals surface area contributed by atoms with Crippen molar-refractivity contribution in [3.8, 4) is 0 Å². The zero-order valence-corrected chi connectivity index (χ0v) is 13.6. The Hall–Kier alpha value is -2.51. The molecule has 122 valence electrons. The van der Waals surface area contributed by atoms with E-state index in [1.165, 1.54) is 11.3 Å². The Kier molecular flexibility index (Phi) is 3.66. The molecule has 0 fully saturated rings. The predicted octanol–water partition coefficient (Wildman–Crippen LogP) is 2.90. The molecule has 0 bridgehead atoms. The van der Waals surface area contributed by atoms with Crippen molar-refractivity contribution in [3.63, 3.8) is 0 Å². The topological polar surface area (TPSA) is 101 Å². The van der Waals surface area contributed by atoms with E-state index in [0.29, 0.717) is 16.4 Å². The number of hydrogen-bond acceptors (Lipinski definition) is 6. The quantitative estimate of drug-likeness (QED) is 0.666. The molecule has 0 spiro atoms. The second-order valence-electron chi connectivity index (χ2n) is 5.80. The third-order valence-corrected chi connectivity index (χ3v) is 5.31. The summed E-state index contributed by atoms with van der Waals surface area (Å²) < 4.78 is 0. The van der Waals surface area contributed by atoms with E-state index in [9.17, 15) is 9.90 Å². The number of anilines is 2. The van der Waals surface area contributed by atoms with Gasteiger partial charge in [-0.05, 0) is 37.5 Å². The molecule has 0 saturated heterocycles. The van der Waals surface area contributed by atoms with Crippen LogP contribution in [0.4, 0.5) is 11.5 Å². The molecule has 4 N–H and O–H groups in total. The first-order valence-electron chi connectivity index (χ1n) is 7.75. The number of aromatic nitrogens is 2. The molecule has 1 aliphatic rings. The minimum absolute atomic E-state index is 0.298. The van der Waals surface area contributed by atoms with Gasteiger partial charge in [0, 0.05) is 22.8 Å². The normalized spacial score (nSPS) is 16.8. The van der Waals surface area contributed by atoms with Crippen LogP contribution in [0.5, 0.6) is 0 Å². The first kappa shape index (κ1) is 15.0. The average Bonchev–Trinajstić information content (AvgIpc) is 2.91. The Morgan fingerprint density at radius 1 is 1.42 bits per heavy atom. The van der Waals surface area contributed by atoms with Crippen LogP contribution >= 0.6 is 11.3 Å². The van der Waals surface area contributed by atoms with E-state index in [4.69, 9.17) is 5.73 Å². The number of nitrogens with zero attached hydrogens (tertiary/aromatic N) is 2. The number of rotatable bonds is 2. The molecule has 7 heteroatoms. The average molecular weight is 340 g/mol. The largest absolute Gasteiger partial charge is 0.397 e. The molecule has 3 aromatic heterocycles. The van der Waals surface area contributed by atoms with Crippen LogP contribution in [0.1, 0.15) is 39.9 Å². The van der Waals surface area contributed by atoms with Crippen molar-refractivity contribution in [1.29, 1.82) is 0 Å². The number of aryl methyl sites for hydroxylation is 1. The van der Waals surface area contributed by atoms with Gasteiger partial charge in [-0.1, -0.05) is 6.07 Å². The van der Waals surface area contributed by atoms with E-state index in [-0.39, 0.29) is 5.91 Å². The van der Waals surface area contributed by atoms with Gasteiger partial charge >= 0.3 is 0 Å². The second-order valence-corrected chi connectivity index (χ2v) is 6.80.